The van der Waals surface area contributed by atoms with E-state index in [1.807, 2.05) is 4.90 Å². The molecule has 0 aliphatic carbocycles. The smallest absolute Gasteiger partial charge is 0.368 e. The summed E-state index contributed by atoms with van der Waals surface area (Å²) in [5.41, 5.74) is 9.91. The van der Waals surface area contributed by atoms with Crippen molar-refractivity contribution in [1.82, 2.24) is 4.90 Å². The normalized spacial score (nSPS) is 21.6. The summed E-state index contributed by atoms with van der Waals surface area (Å²) >= 11 is 0. The predicted octanol–water partition coefficient (Wildman–Crippen LogP) is 1.63. The van der Waals surface area contributed by atoms with E-state index in [4.69, 9.17) is 11.5 Å². The summed E-state index contributed by atoms with van der Waals surface area (Å²) in [6.07, 6.45) is -1.64. The second-order valence-corrected chi connectivity index (χ2v) is 5.90. The maximum atomic E-state index is 12.5. The molecule has 118 valence electrons. The summed E-state index contributed by atoms with van der Waals surface area (Å²) < 4.78 is 37.5. The highest BCUT2D eigenvalue weighted by molar-refractivity contribution is 5.83. The number of likely N-dealkylation sites (tertiary alicyclic amines) is 1. The van der Waals surface area contributed by atoms with E-state index in [-0.39, 0.29) is 12.8 Å². The van der Waals surface area contributed by atoms with Crippen molar-refractivity contribution in [1.29, 1.82) is 0 Å². The quantitative estimate of drug-likeness (QED) is 0.732. The monoisotopic (exact) mass is 295 g/mol. The maximum absolute atomic E-state index is 12.5. The van der Waals surface area contributed by atoms with Crippen molar-refractivity contribution in [2.24, 2.45) is 17.4 Å². The van der Waals surface area contributed by atoms with Gasteiger partial charge in [0.05, 0.1) is 11.5 Å². The summed E-state index contributed by atoms with van der Waals surface area (Å²) in [7, 11) is 0. The Labute approximate surface area is 117 Å². The summed E-state index contributed by atoms with van der Waals surface area (Å²) in [4.78, 5) is 13.1. The SMILES string of the molecule is CC(N)(CCCCN1CCC(C(F)(F)F)CC1)C(N)=O. The fraction of sp³-hybridized carbons (Fsp3) is 0.923. The van der Waals surface area contributed by atoms with Crippen LogP contribution in [0.4, 0.5) is 13.2 Å². The number of carbonyl (C=O) groups is 1. The van der Waals surface area contributed by atoms with Crippen molar-refractivity contribution in [2.45, 2.75) is 50.7 Å². The van der Waals surface area contributed by atoms with Crippen LogP contribution >= 0.6 is 0 Å². The topological polar surface area (TPSA) is 72.3 Å². The van der Waals surface area contributed by atoms with E-state index in [0.717, 1.165) is 19.4 Å². The predicted molar refractivity (Wildman–Crippen MR) is 70.9 cm³/mol. The van der Waals surface area contributed by atoms with E-state index in [1.54, 1.807) is 6.92 Å². The van der Waals surface area contributed by atoms with Crippen LogP contribution in [0, 0.1) is 5.92 Å². The fourth-order valence-electron chi connectivity index (χ4n) is 2.43. The molecule has 1 saturated heterocycles. The number of amides is 1. The van der Waals surface area contributed by atoms with Crippen molar-refractivity contribution in [3.8, 4) is 0 Å². The highest BCUT2D eigenvalue weighted by Gasteiger charge is 2.40. The number of nitrogens with two attached hydrogens (primary N) is 2. The summed E-state index contributed by atoms with van der Waals surface area (Å²) in [5, 5.41) is 0. The van der Waals surface area contributed by atoms with Crippen molar-refractivity contribution in [3.05, 3.63) is 0 Å². The zero-order valence-corrected chi connectivity index (χ0v) is 11.9. The van der Waals surface area contributed by atoms with Gasteiger partial charge in [-0.25, -0.2) is 0 Å². The first-order chi connectivity index (χ1) is 9.13. The first-order valence-corrected chi connectivity index (χ1v) is 7.01. The van der Waals surface area contributed by atoms with E-state index >= 15 is 0 Å². The molecule has 1 aliphatic heterocycles. The maximum Gasteiger partial charge on any atom is 0.391 e. The molecule has 0 aromatic carbocycles. The molecule has 1 unspecified atom stereocenters. The van der Waals surface area contributed by atoms with Crippen LogP contribution in [0.3, 0.4) is 0 Å². The molecule has 1 atom stereocenters. The third-order valence-electron chi connectivity index (χ3n) is 4.03. The Morgan fingerprint density at radius 1 is 1.25 bits per heavy atom. The minimum atomic E-state index is -4.06. The Morgan fingerprint density at radius 3 is 2.25 bits per heavy atom. The van der Waals surface area contributed by atoms with Crippen LogP contribution in [0.5, 0.6) is 0 Å². The van der Waals surface area contributed by atoms with Crippen molar-refractivity contribution in [2.75, 3.05) is 19.6 Å². The van der Waals surface area contributed by atoms with E-state index in [1.165, 1.54) is 0 Å². The summed E-state index contributed by atoms with van der Waals surface area (Å²) in [5.74, 6) is -1.68. The fourth-order valence-corrected chi connectivity index (χ4v) is 2.43. The molecule has 4 nitrogen and oxygen atoms in total. The largest absolute Gasteiger partial charge is 0.391 e. The molecular formula is C13H24F3N3O. The second kappa shape index (κ2) is 6.76. The number of alkyl halides is 3. The van der Waals surface area contributed by atoms with Gasteiger partial charge in [-0.1, -0.05) is 0 Å². The van der Waals surface area contributed by atoms with E-state index in [9.17, 15) is 18.0 Å². The molecular weight excluding hydrogens is 271 g/mol. The van der Waals surface area contributed by atoms with Crippen LogP contribution in [-0.2, 0) is 4.79 Å². The molecule has 1 heterocycles. The molecule has 20 heavy (non-hydrogen) atoms. The molecule has 0 aromatic rings. The highest BCUT2D eigenvalue weighted by Crippen LogP contribution is 2.34. The second-order valence-electron chi connectivity index (χ2n) is 5.90. The van der Waals surface area contributed by atoms with Gasteiger partial charge in [-0.15, -0.1) is 0 Å². The lowest BCUT2D eigenvalue weighted by atomic mass is 9.94. The number of piperidine rings is 1. The third-order valence-corrected chi connectivity index (χ3v) is 4.03. The molecule has 1 aliphatic rings. The minimum absolute atomic E-state index is 0.180. The molecule has 1 amide bonds. The van der Waals surface area contributed by atoms with Gasteiger partial charge in [0.1, 0.15) is 0 Å². The van der Waals surface area contributed by atoms with Crippen LogP contribution in [0.1, 0.15) is 39.0 Å². The van der Waals surface area contributed by atoms with E-state index < -0.39 is 23.5 Å². The summed E-state index contributed by atoms with van der Waals surface area (Å²) in [6, 6.07) is 0. The minimum Gasteiger partial charge on any atom is -0.368 e. The average Bonchev–Trinajstić information content (AvgIpc) is 2.34. The average molecular weight is 295 g/mol. The molecule has 0 radical (unpaired) electrons. The Kier molecular flexibility index (Phi) is 5.82. The van der Waals surface area contributed by atoms with Gasteiger partial charge in [-0.3, -0.25) is 4.79 Å². The lowest BCUT2D eigenvalue weighted by Gasteiger charge is -2.33. The first kappa shape index (κ1) is 17.2. The Morgan fingerprint density at radius 2 is 1.80 bits per heavy atom. The lowest BCUT2D eigenvalue weighted by molar-refractivity contribution is -0.185. The van der Waals surface area contributed by atoms with Gasteiger partial charge in [-0.2, -0.15) is 13.2 Å². The van der Waals surface area contributed by atoms with E-state index in [0.29, 0.717) is 19.5 Å². The number of hydrogen-bond donors (Lipinski definition) is 2. The van der Waals surface area contributed by atoms with Gasteiger partial charge in [-0.05, 0) is 58.7 Å². The van der Waals surface area contributed by atoms with Crippen LogP contribution < -0.4 is 11.5 Å². The molecule has 0 saturated carbocycles. The number of nitrogens with zero attached hydrogens (tertiary/aromatic N) is 1. The van der Waals surface area contributed by atoms with Crippen LogP contribution in [-0.4, -0.2) is 42.2 Å². The molecule has 0 aromatic heterocycles. The van der Waals surface area contributed by atoms with Crippen molar-refractivity contribution >= 4 is 5.91 Å². The van der Waals surface area contributed by atoms with Gasteiger partial charge >= 0.3 is 6.18 Å². The Bertz CT molecular complexity index is 323. The molecule has 1 rings (SSSR count). The van der Waals surface area contributed by atoms with Gasteiger partial charge < -0.3 is 16.4 Å². The molecule has 0 bridgehead atoms. The van der Waals surface area contributed by atoms with Crippen molar-refractivity contribution < 1.29 is 18.0 Å². The number of carbonyl (C=O) groups excluding carboxylic acids is 1. The zero-order chi connectivity index (χ0) is 15.4. The number of halogens is 3. The Hall–Kier alpha value is -0.820. The Balaban J connectivity index is 2.18. The first-order valence-electron chi connectivity index (χ1n) is 7.01. The number of rotatable bonds is 6. The lowest BCUT2D eigenvalue weighted by Crippen LogP contribution is -2.49. The molecule has 4 N–H and O–H groups in total. The molecule has 0 spiro atoms. The van der Waals surface area contributed by atoms with Crippen LogP contribution in [0.25, 0.3) is 0 Å². The van der Waals surface area contributed by atoms with Crippen LogP contribution in [0.15, 0.2) is 0 Å². The highest BCUT2D eigenvalue weighted by atomic mass is 19.4. The third kappa shape index (κ3) is 5.28. The van der Waals surface area contributed by atoms with Crippen molar-refractivity contribution in [3.63, 3.8) is 0 Å². The number of unbranched alkanes of at least 4 members (excludes halogenated alkanes) is 1. The standard InChI is InChI=1S/C13H24F3N3O/c1-12(18,11(17)20)6-2-3-7-19-8-4-10(5-9-19)13(14,15)16/h10H,2-9,18H2,1H3,(H2,17,20). The summed E-state index contributed by atoms with van der Waals surface area (Å²) in [6.45, 7) is 3.32. The number of hydrogen-bond acceptors (Lipinski definition) is 3. The zero-order valence-electron chi connectivity index (χ0n) is 11.9. The van der Waals surface area contributed by atoms with Gasteiger partial charge in [0, 0.05) is 0 Å². The number of primary amides is 1. The molecule has 7 heteroatoms. The van der Waals surface area contributed by atoms with Gasteiger partial charge in [0.25, 0.3) is 0 Å². The van der Waals surface area contributed by atoms with Gasteiger partial charge in [0.2, 0.25) is 5.91 Å². The molecule has 1 fully saturated rings. The van der Waals surface area contributed by atoms with Crippen LogP contribution in [0.2, 0.25) is 0 Å². The van der Waals surface area contributed by atoms with Gasteiger partial charge in [0.15, 0.2) is 0 Å². The van der Waals surface area contributed by atoms with E-state index in [2.05, 4.69) is 0 Å².